The van der Waals surface area contributed by atoms with Crippen molar-refractivity contribution in [2.24, 2.45) is 10.9 Å². The monoisotopic (exact) mass is 476 g/mol. The Balaban J connectivity index is 0.00000338. The number of piperidine rings is 1. The van der Waals surface area contributed by atoms with Crippen molar-refractivity contribution in [2.75, 3.05) is 33.2 Å². The van der Waals surface area contributed by atoms with Crippen LogP contribution in [0, 0.1) is 19.8 Å². The Hall–Kier alpha value is -0.830. The quantitative estimate of drug-likeness (QED) is 0.275. The van der Waals surface area contributed by atoms with Gasteiger partial charge in [0.05, 0.1) is 5.69 Å². The van der Waals surface area contributed by atoms with E-state index in [0.29, 0.717) is 6.04 Å². The fraction of sp³-hybridized carbons (Fsp3) is 0.789. The predicted molar refractivity (Wildman–Crippen MR) is 121 cm³/mol. The molecule has 1 atom stereocenters. The summed E-state index contributed by atoms with van der Waals surface area (Å²) in [5, 5.41) is 11.4. The standard InChI is InChI=1S/C19H36N6.HI/c1-15-7-11-24(12-8-15)18(4)14-22-19(20-5)21-9-6-10-25-17(3)13-16(2)23-25;/h13,15,18H,6-12,14H2,1-5H3,(H2,20,21,22);1H. The largest absolute Gasteiger partial charge is 0.356 e. The van der Waals surface area contributed by atoms with E-state index >= 15 is 0 Å². The highest BCUT2D eigenvalue weighted by atomic mass is 127. The molecule has 1 unspecified atom stereocenters. The Kier molecular flexibility index (Phi) is 10.5. The molecule has 0 aliphatic carbocycles. The molecule has 0 spiro atoms. The molecule has 1 fully saturated rings. The van der Waals surface area contributed by atoms with Crippen LogP contribution in [-0.2, 0) is 6.54 Å². The summed E-state index contributed by atoms with van der Waals surface area (Å²) in [6, 6.07) is 2.66. The molecular formula is C19H37IN6. The zero-order chi connectivity index (χ0) is 18.2. The molecule has 0 radical (unpaired) electrons. The number of halogens is 1. The van der Waals surface area contributed by atoms with Gasteiger partial charge in [0.15, 0.2) is 5.96 Å². The maximum Gasteiger partial charge on any atom is 0.191 e. The molecule has 1 aliphatic heterocycles. The minimum absolute atomic E-state index is 0. The van der Waals surface area contributed by atoms with Crippen molar-refractivity contribution in [2.45, 2.75) is 59.5 Å². The number of nitrogens with one attached hydrogen (secondary N) is 2. The SMILES string of the molecule is CN=C(NCCCn1nc(C)cc1C)NCC(C)N1CCC(C)CC1.I. The summed E-state index contributed by atoms with van der Waals surface area (Å²) in [7, 11) is 1.84. The molecule has 6 nitrogen and oxygen atoms in total. The lowest BCUT2D eigenvalue weighted by molar-refractivity contribution is 0.147. The molecule has 1 aromatic heterocycles. The van der Waals surface area contributed by atoms with Crippen molar-refractivity contribution in [1.29, 1.82) is 0 Å². The van der Waals surface area contributed by atoms with Gasteiger partial charge in [-0.3, -0.25) is 14.6 Å². The van der Waals surface area contributed by atoms with Gasteiger partial charge in [0.2, 0.25) is 0 Å². The number of rotatable bonds is 7. The maximum atomic E-state index is 4.50. The van der Waals surface area contributed by atoms with Gasteiger partial charge in [-0.15, -0.1) is 24.0 Å². The number of aryl methyl sites for hydroxylation is 3. The second kappa shape index (κ2) is 11.8. The molecule has 0 amide bonds. The number of guanidine groups is 1. The molecule has 2 rings (SSSR count). The first kappa shape index (κ1) is 23.2. The highest BCUT2D eigenvalue weighted by Crippen LogP contribution is 2.17. The minimum Gasteiger partial charge on any atom is -0.356 e. The lowest BCUT2D eigenvalue weighted by Crippen LogP contribution is -2.48. The lowest BCUT2D eigenvalue weighted by atomic mass is 9.98. The number of likely N-dealkylation sites (tertiary alicyclic amines) is 1. The highest BCUT2D eigenvalue weighted by Gasteiger charge is 2.20. The number of aromatic nitrogens is 2. The van der Waals surface area contributed by atoms with E-state index in [9.17, 15) is 0 Å². The van der Waals surface area contributed by atoms with Gasteiger partial charge < -0.3 is 10.6 Å². The van der Waals surface area contributed by atoms with Crippen LogP contribution in [0.2, 0.25) is 0 Å². The zero-order valence-electron chi connectivity index (χ0n) is 17.1. The van der Waals surface area contributed by atoms with Crippen LogP contribution in [0.5, 0.6) is 0 Å². The number of aliphatic imine (C=N–C) groups is 1. The molecule has 1 aromatic rings. The molecular weight excluding hydrogens is 439 g/mol. The van der Waals surface area contributed by atoms with Gasteiger partial charge in [0.25, 0.3) is 0 Å². The fourth-order valence-electron chi connectivity index (χ4n) is 3.40. The Labute approximate surface area is 176 Å². The lowest BCUT2D eigenvalue weighted by Gasteiger charge is -2.35. The summed E-state index contributed by atoms with van der Waals surface area (Å²) < 4.78 is 2.08. The number of nitrogens with zero attached hydrogens (tertiary/aromatic N) is 4. The van der Waals surface area contributed by atoms with E-state index in [0.717, 1.165) is 43.6 Å². The van der Waals surface area contributed by atoms with Crippen molar-refractivity contribution in [3.05, 3.63) is 17.5 Å². The average Bonchev–Trinajstić information content (AvgIpc) is 2.92. The normalized spacial score (nSPS) is 17.7. The topological polar surface area (TPSA) is 57.5 Å². The van der Waals surface area contributed by atoms with E-state index in [1.807, 2.05) is 14.0 Å². The number of hydrogen-bond donors (Lipinski definition) is 2. The van der Waals surface area contributed by atoms with E-state index in [-0.39, 0.29) is 24.0 Å². The van der Waals surface area contributed by atoms with E-state index in [1.54, 1.807) is 0 Å². The molecule has 7 heteroatoms. The molecule has 1 saturated heterocycles. The molecule has 0 aromatic carbocycles. The summed E-state index contributed by atoms with van der Waals surface area (Å²) in [5.74, 6) is 1.78. The number of hydrogen-bond acceptors (Lipinski definition) is 3. The molecule has 0 saturated carbocycles. The summed E-state index contributed by atoms with van der Waals surface area (Å²) in [6.45, 7) is 14.0. The molecule has 2 N–H and O–H groups in total. The summed E-state index contributed by atoms with van der Waals surface area (Å²) in [4.78, 5) is 6.92. The van der Waals surface area contributed by atoms with Gasteiger partial charge in [-0.25, -0.2) is 0 Å². The van der Waals surface area contributed by atoms with Crippen LogP contribution in [0.3, 0.4) is 0 Å². The second-order valence-corrected chi connectivity index (χ2v) is 7.45. The predicted octanol–water partition coefficient (Wildman–Crippen LogP) is 2.79. The van der Waals surface area contributed by atoms with Crippen LogP contribution in [0.4, 0.5) is 0 Å². The molecule has 150 valence electrons. The Morgan fingerprint density at radius 2 is 2.00 bits per heavy atom. The third-order valence-corrected chi connectivity index (χ3v) is 5.17. The second-order valence-electron chi connectivity index (χ2n) is 7.45. The fourth-order valence-corrected chi connectivity index (χ4v) is 3.40. The molecule has 2 heterocycles. The van der Waals surface area contributed by atoms with Crippen LogP contribution >= 0.6 is 24.0 Å². The van der Waals surface area contributed by atoms with E-state index in [2.05, 4.69) is 57.1 Å². The zero-order valence-corrected chi connectivity index (χ0v) is 19.4. The van der Waals surface area contributed by atoms with Crippen molar-refractivity contribution >= 4 is 29.9 Å². The maximum absolute atomic E-state index is 4.50. The van der Waals surface area contributed by atoms with Crippen molar-refractivity contribution in [1.82, 2.24) is 25.3 Å². The summed E-state index contributed by atoms with van der Waals surface area (Å²) in [6.07, 6.45) is 3.68. The third-order valence-electron chi connectivity index (χ3n) is 5.17. The smallest absolute Gasteiger partial charge is 0.191 e. The van der Waals surface area contributed by atoms with Gasteiger partial charge in [-0.2, -0.15) is 5.10 Å². The Morgan fingerprint density at radius 3 is 2.58 bits per heavy atom. The van der Waals surface area contributed by atoms with E-state index in [4.69, 9.17) is 0 Å². The van der Waals surface area contributed by atoms with Crippen molar-refractivity contribution in [3.8, 4) is 0 Å². The summed E-state index contributed by atoms with van der Waals surface area (Å²) in [5.41, 5.74) is 2.31. The van der Waals surface area contributed by atoms with Gasteiger partial charge in [0.1, 0.15) is 0 Å². The van der Waals surface area contributed by atoms with Gasteiger partial charge in [0, 0.05) is 38.4 Å². The minimum atomic E-state index is 0. The van der Waals surface area contributed by atoms with Crippen LogP contribution in [0.25, 0.3) is 0 Å². The Morgan fingerprint density at radius 1 is 1.31 bits per heavy atom. The average molecular weight is 476 g/mol. The third kappa shape index (κ3) is 7.42. The van der Waals surface area contributed by atoms with E-state index < -0.39 is 0 Å². The van der Waals surface area contributed by atoms with Crippen molar-refractivity contribution < 1.29 is 0 Å². The van der Waals surface area contributed by atoms with Crippen LogP contribution in [0.15, 0.2) is 11.1 Å². The highest BCUT2D eigenvalue weighted by molar-refractivity contribution is 14.0. The molecule has 1 aliphatic rings. The van der Waals surface area contributed by atoms with Crippen LogP contribution in [-0.4, -0.2) is 59.9 Å². The Bertz CT molecular complexity index is 548. The van der Waals surface area contributed by atoms with Crippen LogP contribution in [0.1, 0.15) is 44.5 Å². The van der Waals surface area contributed by atoms with E-state index in [1.165, 1.54) is 31.6 Å². The summed E-state index contributed by atoms with van der Waals surface area (Å²) >= 11 is 0. The first-order chi connectivity index (χ1) is 12.0. The first-order valence-electron chi connectivity index (χ1n) is 9.69. The van der Waals surface area contributed by atoms with Gasteiger partial charge >= 0.3 is 0 Å². The van der Waals surface area contributed by atoms with Crippen molar-refractivity contribution in [3.63, 3.8) is 0 Å². The molecule has 0 bridgehead atoms. The molecule has 26 heavy (non-hydrogen) atoms. The first-order valence-corrected chi connectivity index (χ1v) is 9.69. The van der Waals surface area contributed by atoms with Crippen LogP contribution < -0.4 is 10.6 Å². The van der Waals surface area contributed by atoms with Gasteiger partial charge in [-0.1, -0.05) is 6.92 Å². The van der Waals surface area contributed by atoms with Gasteiger partial charge in [-0.05, 0) is 65.1 Å².